The molecule has 0 heterocycles. The Kier molecular flexibility index (Phi) is 9.23. The smallest absolute Gasteiger partial charge is 0.234 e. The topological polar surface area (TPSA) is 55.4 Å². The number of hydrogen-bond donors (Lipinski definition) is 1. The highest BCUT2D eigenvalue weighted by Crippen LogP contribution is 2.25. The van der Waals surface area contributed by atoms with Crippen LogP contribution in [0.3, 0.4) is 0 Å². The van der Waals surface area contributed by atoms with Crippen LogP contribution in [0.4, 0.5) is 0 Å². The molecule has 0 radical (unpaired) electrons. The minimum atomic E-state index is 0.236. The number of carbonyl (C=O) groups excluding carboxylic acids is 1. The van der Waals surface area contributed by atoms with Crippen molar-refractivity contribution in [1.82, 2.24) is 0 Å². The van der Waals surface area contributed by atoms with Gasteiger partial charge in [-0.15, -0.1) is 0 Å². The number of isocyanates is 1. The van der Waals surface area contributed by atoms with Crippen LogP contribution in [-0.2, 0) is 4.79 Å². The summed E-state index contributed by atoms with van der Waals surface area (Å²) in [6.45, 7) is 18.7. The lowest BCUT2D eigenvalue weighted by Gasteiger charge is -2.25. The average molecular weight is 256 g/mol. The fourth-order valence-corrected chi connectivity index (χ4v) is 0.802. The molecule has 18 heavy (non-hydrogen) atoms. The molecule has 2 N–H and O–H groups in total. The number of nitrogens with zero attached hydrogens (tertiary/aromatic N) is 1. The summed E-state index contributed by atoms with van der Waals surface area (Å²) < 4.78 is 0. The van der Waals surface area contributed by atoms with Crippen LogP contribution >= 0.6 is 0 Å². The van der Waals surface area contributed by atoms with E-state index >= 15 is 0 Å². The molecule has 0 amide bonds. The average Bonchev–Trinajstić information content (AvgIpc) is 2.22. The Morgan fingerprint density at radius 3 is 1.56 bits per heavy atom. The largest absolute Gasteiger partial charge is 0.330 e. The lowest BCUT2D eigenvalue weighted by molar-refractivity contribution is 0.269. The van der Waals surface area contributed by atoms with Crippen molar-refractivity contribution in [3.8, 4) is 0 Å². The standard InChI is InChI=1S/C8H15NO.C7H17N/c1-7(5-9-6-10)8(2,3)4;1-6(5-8)7(2,3)4/h7H,5H2,1-4H3;6H,5,8H2,1-4H3/t7-;6-/m11/s1. The van der Waals surface area contributed by atoms with E-state index in [0.29, 0.717) is 23.8 Å². The molecule has 0 aromatic rings. The Balaban J connectivity index is 0. The second-order valence-electron chi connectivity index (χ2n) is 7.20. The Morgan fingerprint density at radius 2 is 1.39 bits per heavy atom. The fraction of sp³-hybridized carbons (Fsp3) is 0.933. The monoisotopic (exact) mass is 256 g/mol. The van der Waals surface area contributed by atoms with Crippen molar-refractivity contribution in [2.24, 2.45) is 33.4 Å². The van der Waals surface area contributed by atoms with Crippen molar-refractivity contribution in [1.29, 1.82) is 0 Å². The van der Waals surface area contributed by atoms with E-state index in [1.807, 2.05) is 0 Å². The maximum atomic E-state index is 9.74. The number of rotatable bonds is 3. The van der Waals surface area contributed by atoms with Crippen molar-refractivity contribution in [2.75, 3.05) is 13.1 Å². The van der Waals surface area contributed by atoms with Crippen molar-refractivity contribution in [2.45, 2.75) is 55.4 Å². The summed E-state index contributed by atoms with van der Waals surface area (Å²) in [4.78, 5) is 13.3. The molecule has 0 bridgehead atoms. The highest BCUT2D eigenvalue weighted by Gasteiger charge is 2.19. The second kappa shape index (κ2) is 8.44. The van der Waals surface area contributed by atoms with Gasteiger partial charge in [0.25, 0.3) is 0 Å². The summed E-state index contributed by atoms with van der Waals surface area (Å²) in [6, 6.07) is 0. The van der Waals surface area contributed by atoms with E-state index in [1.54, 1.807) is 6.08 Å². The van der Waals surface area contributed by atoms with Gasteiger partial charge in [-0.05, 0) is 29.2 Å². The third-order valence-corrected chi connectivity index (χ3v) is 3.74. The van der Waals surface area contributed by atoms with Gasteiger partial charge in [-0.3, -0.25) is 0 Å². The Bertz CT molecular complexity index is 255. The van der Waals surface area contributed by atoms with Gasteiger partial charge in [0.1, 0.15) is 0 Å². The molecule has 0 aromatic heterocycles. The fourth-order valence-electron chi connectivity index (χ4n) is 0.802. The van der Waals surface area contributed by atoms with E-state index in [9.17, 15) is 4.79 Å². The van der Waals surface area contributed by atoms with Crippen molar-refractivity contribution < 1.29 is 4.79 Å². The van der Waals surface area contributed by atoms with Crippen LogP contribution in [0.2, 0.25) is 0 Å². The molecule has 0 fully saturated rings. The van der Waals surface area contributed by atoms with Gasteiger partial charge < -0.3 is 5.73 Å². The quantitative estimate of drug-likeness (QED) is 0.619. The summed E-state index contributed by atoms with van der Waals surface area (Å²) in [7, 11) is 0. The zero-order valence-electron chi connectivity index (χ0n) is 13.5. The molecule has 3 heteroatoms. The zero-order chi connectivity index (χ0) is 15.0. The van der Waals surface area contributed by atoms with Crippen molar-refractivity contribution in [3.05, 3.63) is 0 Å². The minimum Gasteiger partial charge on any atom is -0.330 e. The van der Waals surface area contributed by atoms with Crippen molar-refractivity contribution in [3.63, 3.8) is 0 Å². The molecule has 0 aliphatic heterocycles. The molecular formula is C15H32N2O. The van der Waals surface area contributed by atoms with Crippen LogP contribution in [0.1, 0.15) is 55.4 Å². The van der Waals surface area contributed by atoms with Crippen LogP contribution in [-0.4, -0.2) is 19.2 Å². The van der Waals surface area contributed by atoms with Gasteiger partial charge in [0, 0.05) is 0 Å². The van der Waals surface area contributed by atoms with Gasteiger partial charge in [-0.1, -0.05) is 55.4 Å². The summed E-state index contributed by atoms with van der Waals surface area (Å²) in [5.74, 6) is 1.07. The summed E-state index contributed by atoms with van der Waals surface area (Å²) in [6.07, 6.45) is 1.55. The normalized spacial score (nSPS) is 14.9. The number of nitrogens with two attached hydrogens (primary N) is 1. The van der Waals surface area contributed by atoms with E-state index in [-0.39, 0.29) is 5.41 Å². The number of aliphatic imine (C=N–C) groups is 1. The third-order valence-electron chi connectivity index (χ3n) is 3.74. The Hall–Kier alpha value is -0.660. The molecule has 0 unspecified atom stereocenters. The molecule has 2 atom stereocenters. The second-order valence-corrected chi connectivity index (χ2v) is 7.20. The predicted molar refractivity (Wildman–Crippen MR) is 79.3 cm³/mol. The van der Waals surface area contributed by atoms with Crippen molar-refractivity contribution >= 4 is 6.08 Å². The predicted octanol–water partition coefficient (Wildman–Crippen LogP) is 3.63. The number of hydrogen-bond acceptors (Lipinski definition) is 3. The van der Waals surface area contributed by atoms with Gasteiger partial charge in [0.15, 0.2) is 0 Å². The lowest BCUT2D eigenvalue weighted by Crippen LogP contribution is -2.24. The molecule has 0 aromatic carbocycles. The summed E-state index contributed by atoms with van der Waals surface area (Å²) in [5, 5.41) is 0. The van der Waals surface area contributed by atoms with E-state index in [4.69, 9.17) is 5.73 Å². The van der Waals surface area contributed by atoms with Crippen LogP contribution in [0, 0.1) is 22.7 Å². The zero-order valence-corrected chi connectivity index (χ0v) is 13.5. The minimum absolute atomic E-state index is 0.236. The first kappa shape index (κ1) is 19.7. The highest BCUT2D eigenvalue weighted by molar-refractivity contribution is 5.32. The van der Waals surface area contributed by atoms with Gasteiger partial charge in [-0.25, -0.2) is 9.79 Å². The Morgan fingerprint density at radius 1 is 1.00 bits per heavy atom. The molecule has 0 spiro atoms. The van der Waals surface area contributed by atoms with Gasteiger partial charge >= 0.3 is 0 Å². The van der Waals surface area contributed by atoms with E-state index in [1.165, 1.54) is 0 Å². The van der Waals surface area contributed by atoms with Crippen LogP contribution in [0.25, 0.3) is 0 Å². The molecule has 0 rings (SSSR count). The molecule has 0 saturated carbocycles. The molecule has 3 nitrogen and oxygen atoms in total. The molecule has 0 saturated heterocycles. The molecular weight excluding hydrogens is 224 g/mol. The van der Waals surface area contributed by atoms with Gasteiger partial charge in [0.05, 0.1) is 6.54 Å². The maximum absolute atomic E-state index is 9.74. The highest BCUT2D eigenvalue weighted by atomic mass is 16.1. The van der Waals surface area contributed by atoms with Crippen LogP contribution < -0.4 is 5.73 Å². The van der Waals surface area contributed by atoms with Gasteiger partial charge in [0.2, 0.25) is 6.08 Å². The van der Waals surface area contributed by atoms with E-state index in [2.05, 4.69) is 60.4 Å². The lowest BCUT2D eigenvalue weighted by atomic mass is 9.82. The van der Waals surface area contributed by atoms with Gasteiger partial charge in [-0.2, -0.15) is 0 Å². The van der Waals surface area contributed by atoms with E-state index in [0.717, 1.165) is 6.54 Å². The van der Waals surface area contributed by atoms with Crippen LogP contribution in [0.15, 0.2) is 4.99 Å². The first-order chi connectivity index (χ1) is 7.96. The molecule has 108 valence electrons. The third kappa shape index (κ3) is 10.5. The first-order valence-corrected chi connectivity index (χ1v) is 6.70. The van der Waals surface area contributed by atoms with Crippen LogP contribution in [0.5, 0.6) is 0 Å². The SMILES string of the molecule is C[C@H](CN)C(C)(C)C.C[C@H](CN=C=O)C(C)(C)C. The first-order valence-electron chi connectivity index (χ1n) is 6.70. The summed E-state index contributed by atoms with van der Waals surface area (Å²) in [5.41, 5.74) is 6.08. The molecule has 0 aliphatic carbocycles. The van der Waals surface area contributed by atoms with E-state index < -0.39 is 0 Å². The summed E-state index contributed by atoms with van der Waals surface area (Å²) >= 11 is 0. The molecule has 0 aliphatic rings. The Labute approximate surface area is 113 Å². The maximum Gasteiger partial charge on any atom is 0.234 e.